The van der Waals surface area contributed by atoms with Gasteiger partial charge in [0, 0.05) is 18.4 Å². The molecule has 0 amide bonds. The van der Waals surface area contributed by atoms with Crippen LogP contribution in [-0.4, -0.2) is 19.7 Å². The van der Waals surface area contributed by atoms with Gasteiger partial charge >= 0.3 is 0 Å². The first-order chi connectivity index (χ1) is 6.53. The minimum atomic E-state index is -3.20. The lowest BCUT2D eigenvalue weighted by Crippen LogP contribution is -2.27. The average Bonchev–Trinajstić information content (AvgIpc) is 2.14. The molecule has 5 heteroatoms. The molecule has 0 aliphatic heterocycles. The number of aromatic nitrogens is 1. The fourth-order valence-electron chi connectivity index (χ4n) is 1.13. The molecule has 0 aliphatic carbocycles. The first kappa shape index (κ1) is 11.1. The maximum absolute atomic E-state index is 11.0. The van der Waals surface area contributed by atoms with Crippen molar-refractivity contribution in [3.05, 3.63) is 37.0 Å². The lowest BCUT2D eigenvalue weighted by Gasteiger charge is -2.14. The van der Waals surface area contributed by atoms with Gasteiger partial charge in [0.05, 0.1) is 6.26 Å². The number of nitrogens with one attached hydrogen (secondary N) is 1. The summed E-state index contributed by atoms with van der Waals surface area (Å²) in [6.07, 6.45) is 4.86. The predicted molar refractivity (Wildman–Crippen MR) is 54.9 cm³/mol. The number of sulfonamides is 1. The molecule has 14 heavy (non-hydrogen) atoms. The largest absolute Gasteiger partial charge is 0.264 e. The molecule has 1 rings (SSSR count). The number of hydrogen-bond donors (Lipinski definition) is 1. The molecular weight excluding hydrogens is 200 g/mol. The monoisotopic (exact) mass is 213 g/mol. The maximum atomic E-state index is 11.0. The van der Waals surface area contributed by atoms with E-state index in [-0.39, 0.29) is 6.04 Å². The second-order valence-electron chi connectivity index (χ2n) is 3.02. The highest BCUT2D eigenvalue weighted by molar-refractivity contribution is 7.88. The third kappa shape index (κ3) is 3.43. The van der Waals surface area contributed by atoms with E-state index in [4.69, 9.17) is 0 Å². The summed E-state index contributed by atoms with van der Waals surface area (Å²) >= 11 is 0. The van der Waals surface area contributed by atoms with Crippen molar-refractivity contribution >= 4 is 10.0 Å². The first-order valence-electron chi connectivity index (χ1n) is 4.19. The average molecular weight is 213 g/mol. The lowest BCUT2D eigenvalue weighted by atomic mass is 10.1. The third-order valence-corrected chi connectivity index (χ3v) is 2.44. The standard InChI is InChI=1S/C9H13N2O2S/c1-3-9(11-14(2,12)13)8-5-4-6-10-7-8/h4-7,9,11H,1,3H2,2H3. The van der Waals surface area contributed by atoms with Gasteiger partial charge in [0.2, 0.25) is 10.0 Å². The van der Waals surface area contributed by atoms with E-state index in [9.17, 15) is 8.42 Å². The molecule has 0 saturated heterocycles. The highest BCUT2D eigenvalue weighted by Crippen LogP contribution is 2.15. The summed E-state index contributed by atoms with van der Waals surface area (Å²) in [5, 5.41) is 0. The molecule has 1 aromatic heterocycles. The first-order valence-corrected chi connectivity index (χ1v) is 6.08. The van der Waals surface area contributed by atoms with Crippen LogP contribution in [0.3, 0.4) is 0 Å². The Morgan fingerprint density at radius 3 is 2.79 bits per heavy atom. The fraction of sp³-hybridized carbons (Fsp3) is 0.333. The van der Waals surface area contributed by atoms with E-state index in [0.29, 0.717) is 6.42 Å². The van der Waals surface area contributed by atoms with Crippen molar-refractivity contribution in [1.29, 1.82) is 0 Å². The third-order valence-electron chi connectivity index (χ3n) is 1.73. The molecule has 77 valence electrons. The molecule has 0 bridgehead atoms. The van der Waals surface area contributed by atoms with E-state index in [2.05, 4.69) is 16.6 Å². The molecule has 1 aromatic rings. The molecular formula is C9H13N2O2S. The van der Waals surface area contributed by atoms with Gasteiger partial charge in [0.25, 0.3) is 0 Å². The molecule has 0 aliphatic rings. The van der Waals surface area contributed by atoms with E-state index < -0.39 is 10.0 Å². The Hall–Kier alpha value is -0.940. The zero-order valence-electron chi connectivity index (χ0n) is 7.97. The molecule has 0 aromatic carbocycles. The van der Waals surface area contributed by atoms with Crippen molar-refractivity contribution in [2.75, 3.05) is 6.26 Å². The Bertz CT molecular complexity index is 375. The second-order valence-corrected chi connectivity index (χ2v) is 4.80. The lowest BCUT2D eigenvalue weighted by molar-refractivity contribution is 0.562. The summed E-state index contributed by atoms with van der Waals surface area (Å²) in [5.41, 5.74) is 0.827. The summed E-state index contributed by atoms with van der Waals surface area (Å²) in [7, 11) is -3.20. The van der Waals surface area contributed by atoms with Crippen molar-refractivity contribution in [2.24, 2.45) is 0 Å². The predicted octanol–water partition coefficient (Wildman–Crippen LogP) is 0.896. The summed E-state index contributed by atoms with van der Waals surface area (Å²) in [6, 6.07) is 3.29. The Morgan fingerprint density at radius 1 is 1.64 bits per heavy atom. The number of pyridine rings is 1. The van der Waals surface area contributed by atoms with Gasteiger partial charge in [0.15, 0.2) is 0 Å². The van der Waals surface area contributed by atoms with Gasteiger partial charge in [-0.1, -0.05) is 13.0 Å². The van der Waals surface area contributed by atoms with Crippen LogP contribution in [0.25, 0.3) is 0 Å². The van der Waals surface area contributed by atoms with Gasteiger partial charge < -0.3 is 0 Å². The zero-order valence-corrected chi connectivity index (χ0v) is 8.79. The van der Waals surface area contributed by atoms with Gasteiger partial charge in [0.1, 0.15) is 0 Å². The van der Waals surface area contributed by atoms with Crippen molar-refractivity contribution in [3.63, 3.8) is 0 Å². The van der Waals surface area contributed by atoms with E-state index in [1.54, 1.807) is 18.5 Å². The van der Waals surface area contributed by atoms with Crippen molar-refractivity contribution in [2.45, 2.75) is 12.5 Å². The molecule has 1 heterocycles. The minimum Gasteiger partial charge on any atom is -0.264 e. The van der Waals surface area contributed by atoms with Gasteiger partial charge in [-0.25, -0.2) is 13.1 Å². The van der Waals surface area contributed by atoms with E-state index in [1.165, 1.54) is 0 Å². The summed E-state index contributed by atoms with van der Waals surface area (Å²) < 4.78 is 24.5. The van der Waals surface area contributed by atoms with Gasteiger partial charge in [-0.15, -0.1) is 0 Å². The van der Waals surface area contributed by atoms with Gasteiger partial charge in [-0.05, 0) is 18.1 Å². The maximum Gasteiger partial charge on any atom is 0.209 e. The van der Waals surface area contributed by atoms with Crippen LogP contribution in [0.15, 0.2) is 24.5 Å². The molecule has 1 N–H and O–H groups in total. The Morgan fingerprint density at radius 2 is 2.36 bits per heavy atom. The second kappa shape index (κ2) is 4.52. The van der Waals surface area contributed by atoms with Gasteiger partial charge in [-0.2, -0.15) is 0 Å². The zero-order chi connectivity index (χ0) is 10.6. The summed E-state index contributed by atoms with van der Waals surface area (Å²) in [5.74, 6) is 0. The van der Waals surface area contributed by atoms with Crippen LogP contribution in [0.5, 0.6) is 0 Å². The summed E-state index contributed by atoms with van der Waals surface area (Å²) in [6.45, 7) is 3.69. The molecule has 0 fully saturated rings. The van der Waals surface area contributed by atoms with Crippen LogP contribution in [0.2, 0.25) is 0 Å². The topological polar surface area (TPSA) is 59.1 Å². The van der Waals surface area contributed by atoms with Crippen molar-refractivity contribution in [3.8, 4) is 0 Å². The molecule has 1 unspecified atom stereocenters. The molecule has 0 saturated carbocycles. The Balaban J connectivity index is 2.84. The van der Waals surface area contributed by atoms with Crippen LogP contribution in [-0.2, 0) is 10.0 Å². The highest BCUT2D eigenvalue weighted by Gasteiger charge is 2.13. The van der Waals surface area contributed by atoms with Crippen LogP contribution in [0, 0.1) is 6.92 Å². The highest BCUT2D eigenvalue weighted by atomic mass is 32.2. The SMILES string of the molecule is [CH2]CC(NS(C)(=O)=O)c1cccnc1. The van der Waals surface area contributed by atoms with Crippen LogP contribution in [0.1, 0.15) is 18.0 Å². The summed E-state index contributed by atoms with van der Waals surface area (Å²) in [4.78, 5) is 3.92. The van der Waals surface area contributed by atoms with E-state index in [0.717, 1.165) is 11.8 Å². The molecule has 1 radical (unpaired) electrons. The Kier molecular flexibility index (Phi) is 3.60. The molecule has 1 atom stereocenters. The number of rotatable bonds is 4. The van der Waals surface area contributed by atoms with Crippen molar-refractivity contribution < 1.29 is 8.42 Å². The number of nitrogens with zero attached hydrogens (tertiary/aromatic N) is 1. The Labute approximate surface area is 84.4 Å². The normalized spacial score (nSPS) is 13.9. The molecule has 0 spiro atoms. The van der Waals surface area contributed by atoms with Crippen molar-refractivity contribution in [1.82, 2.24) is 9.71 Å². The van der Waals surface area contributed by atoms with Crippen LogP contribution >= 0.6 is 0 Å². The van der Waals surface area contributed by atoms with Crippen LogP contribution in [0.4, 0.5) is 0 Å². The molecule has 4 nitrogen and oxygen atoms in total. The quantitative estimate of drug-likeness (QED) is 0.808. The fourth-order valence-corrected chi connectivity index (χ4v) is 1.90. The van der Waals surface area contributed by atoms with Gasteiger partial charge in [-0.3, -0.25) is 4.98 Å². The van der Waals surface area contributed by atoms with E-state index in [1.807, 2.05) is 6.07 Å². The number of hydrogen-bond acceptors (Lipinski definition) is 3. The smallest absolute Gasteiger partial charge is 0.209 e. The van der Waals surface area contributed by atoms with E-state index >= 15 is 0 Å². The minimum absolute atomic E-state index is 0.293. The van der Waals surface area contributed by atoms with Crippen LogP contribution < -0.4 is 4.72 Å².